The molecule has 3 aromatic rings. The third-order valence-corrected chi connectivity index (χ3v) is 16.8. The summed E-state index contributed by atoms with van der Waals surface area (Å²) in [5, 5.41) is 0. The first-order valence-corrected chi connectivity index (χ1v) is 14.1. The normalized spacial score (nSPS) is 10.7. The van der Waals surface area contributed by atoms with E-state index >= 15 is 0 Å². The van der Waals surface area contributed by atoms with E-state index in [0.717, 1.165) is 0 Å². The number of hydrogen-bond donors (Lipinski definition) is 0. The average molecular weight is 444 g/mol. The van der Waals surface area contributed by atoms with Crippen molar-refractivity contribution >= 4 is 46.2 Å². The molecule has 0 amide bonds. The van der Waals surface area contributed by atoms with E-state index in [-0.39, 0.29) is 17.1 Å². The number of benzene rings is 3. The monoisotopic (exact) mass is 446 g/mol. The van der Waals surface area contributed by atoms with Crippen molar-refractivity contribution in [2.45, 2.75) is 4.94 Å². The van der Waals surface area contributed by atoms with Crippen molar-refractivity contribution in [3.05, 3.63) is 91.0 Å². The molecule has 104 valence electrons. The van der Waals surface area contributed by atoms with Crippen LogP contribution in [0.1, 0.15) is 0 Å². The van der Waals surface area contributed by atoms with E-state index in [1.54, 1.807) is 0 Å². The van der Waals surface area contributed by atoms with Crippen molar-refractivity contribution in [3.8, 4) is 0 Å². The third-order valence-electron chi connectivity index (χ3n) is 4.05. The van der Waals surface area contributed by atoms with Gasteiger partial charge in [0.2, 0.25) is 0 Å². The van der Waals surface area contributed by atoms with Gasteiger partial charge in [0, 0.05) is 17.1 Å². The summed E-state index contributed by atoms with van der Waals surface area (Å²) in [5.41, 5.74) is 0. The van der Waals surface area contributed by atoms with E-state index in [2.05, 4.69) is 95.9 Å². The molecule has 0 spiro atoms. The van der Waals surface area contributed by atoms with Crippen LogP contribution in [0.5, 0.6) is 0 Å². The van der Waals surface area contributed by atoms with Crippen LogP contribution in [0.2, 0.25) is 4.94 Å². The van der Waals surface area contributed by atoms with Crippen LogP contribution < -0.4 is 10.7 Å². The molecule has 0 aromatic heterocycles. The molecule has 0 N–H and O–H groups in total. The van der Waals surface area contributed by atoms with E-state index < -0.39 is 18.4 Å². The van der Waals surface area contributed by atoms with Crippen molar-refractivity contribution in [1.29, 1.82) is 0 Å². The van der Waals surface area contributed by atoms with Gasteiger partial charge < -0.3 is 0 Å². The fraction of sp³-hybridized carbons (Fsp3) is 0.0526. The molecule has 0 heterocycles. The summed E-state index contributed by atoms with van der Waals surface area (Å²) < 4.78 is 4.58. The van der Waals surface area contributed by atoms with E-state index in [4.69, 9.17) is 0 Å². The summed E-state index contributed by atoms with van der Waals surface area (Å²) in [4.78, 5) is 2.51. The Balaban J connectivity index is 0.00000161. The minimum atomic E-state index is -2.78. The maximum absolute atomic E-state index is 2.78. The van der Waals surface area contributed by atoms with Gasteiger partial charge in [-0.05, 0) is 0 Å². The predicted molar refractivity (Wildman–Crippen MR) is 95.6 cm³/mol. The Kier molecular flexibility index (Phi) is 5.69. The second-order valence-corrected chi connectivity index (χ2v) is 16.6. The largest absolute Gasteiger partial charge is 0 e. The first kappa shape index (κ1) is 16.4. The zero-order valence-corrected chi connectivity index (χ0v) is 16.6. The summed E-state index contributed by atoms with van der Waals surface area (Å²) in [7, 11) is 0. The predicted octanol–water partition coefficient (Wildman–Crippen LogP) is 2.41. The van der Waals surface area contributed by atoms with Gasteiger partial charge >= 0.3 is 125 Å². The van der Waals surface area contributed by atoms with Gasteiger partial charge in [0.05, 0.1) is 0 Å². The maximum atomic E-state index is 2.51. The molecule has 0 aliphatic carbocycles. The molecule has 0 saturated carbocycles. The van der Waals surface area contributed by atoms with Crippen LogP contribution in [-0.2, 0) is 0 Å². The molecule has 0 fully saturated rings. The molecule has 3 aromatic carbocycles. The van der Waals surface area contributed by atoms with Crippen LogP contribution in [0.15, 0.2) is 91.0 Å². The van der Waals surface area contributed by atoms with Gasteiger partial charge in [-0.15, -0.1) is 0 Å². The minimum absolute atomic E-state index is 0. The molecular weight excluding hydrogens is 426 g/mol. The number of hydrogen-bond acceptors (Lipinski definition) is 0. The molecule has 2 heteroatoms. The Hall–Kier alpha value is -1.02. The molecule has 3 rings (SSSR count). The summed E-state index contributed by atoms with van der Waals surface area (Å²) in [5.74, 6) is 0. The summed E-state index contributed by atoms with van der Waals surface area (Å²) in [6.45, 7) is 0. The molecule has 2 radical (unpaired) electrons. The van der Waals surface area contributed by atoms with Crippen LogP contribution in [0, 0.1) is 0 Å². The van der Waals surface area contributed by atoms with Crippen molar-refractivity contribution < 1.29 is 0 Å². The SMILES string of the molecule is [CH3][Sn]([c]1ccccc1)([c]1ccccc1)[c]1ccccc1.[Se]. The Morgan fingerprint density at radius 1 is 0.476 bits per heavy atom. The first-order chi connectivity index (χ1) is 9.82. The zero-order valence-electron chi connectivity index (χ0n) is 12.1. The van der Waals surface area contributed by atoms with Crippen LogP contribution in [0.3, 0.4) is 0 Å². The van der Waals surface area contributed by atoms with Crippen molar-refractivity contribution in [2.24, 2.45) is 0 Å². The Labute approximate surface area is 141 Å². The summed E-state index contributed by atoms with van der Waals surface area (Å²) >= 11 is -2.78. The quantitative estimate of drug-likeness (QED) is 0.545. The smallest absolute Gasteiger partial charge is 0 e. The van der Waals surface area contributed by atoms with E-state index in [0.29, 0.717) is 0 Å². The van der Waals surface area contributed by atoms with Crippen molar-refractivity contribution in [2.75, 3.05) is 0 Å². The molecule has 21 heavy (non-hydrogen) atoms. The maximum Gasteiger partial charge on any atom is 0 e. The molecule has 0 aliphatic heterocycles. The van der Waals surface area contributed by atoms with Crippen LogP contribution in [0.4, 0.5) is 0 Å². The van der Waals surface area contributed by atoms with Gasteiger partial charge in [0.25, 0.3) is 0 Å². The van der Waals surface area contributed by atoms with E-state index in [1.165, 1.54) is 10.7 Å². The standard InChI is InChI=1S/3C6H5.CH3.Se.Sn/c3*1-2-4-6-5-3-1;;;/h3*1-5H;1H3;;. The van der Waals surface area contributed by atoms with Gasteiger partial charge in [-0.3, -0.25) is 0 Å². The second kappa shape index (κ2) is 7.30. The minimum Gasteiger partial charge on any atom is 0 e. The van der Waals surface area contributed by atoms with Gasteiger partial charge in [-0.1, -0.05) is 0 Å². The second-order valence-electron chi connectivity index (χ2n) is 5.22. The first-order valence-electron chi connectivity index (χ1n) is 6.98. The molecule has 0 bridgehead atoms. The fourth-order valence-corrected chi connectivity index (χ4v) is 13.0. The Morgan fingerprint density at radius 3 is 0.952 bits per heavy atom. The molecule has 0 saturated heterocycles. The van der Waals surface area contributed by atoms with Crippen molar-refractivity contribution in [3.63, 3.8) is 0 Å². The van der Waals surface area contributed by atoms with Crippen LogP contribution in [0.25, 0.3) is 0 Å². The molecule has 0 unspecified atom stereocenters. The summed E-state index contributed by atoms with van der Waals surface area (Å²) in [6.07, 6.45) is 0. The molecule has 0 atom stereocenters. The zero-order chi connectivity index (χ0) is 13.8. The topological polar surface area (TPSA) is 0 Å². The summed E-state index contributed by atoms with van der Waals surface area (Å²) in [6, 6.07) is 33.1. The van der Waals surface area contributed by atoms with Gasteiger partial charge in [0.15, 0.2) is 0 Å². The van der Waals surface area contributed by atoms with E-state index in [1.807, 2.05) is 0 Å². The molecule has 0 nitrogen and oxygen atoms in total. The Morgan fingerprint density at radius 2 is 0.714 bits per heavy atom. The Bertz CT molecular complexity index is 569. The van der Waals surface area contributed by atoms with Gasteiger partial charge in [-0.2, -0.15) is 0 Å². The fourth-order valence-electron chi connectivity index (χ4n) is 2.81. The van der Waals surface area contributed by atoms with Gasteiger partial charge in [0.1, 0.15) is 0 Å². The van der Waals surface area contributed by atoms with Gasteiger partial charge in [-0.25, -0.2) is 0 Å². The average Bonchev–Trinajstić information content (AvgIpc) is 2.56. The van der Waals surface area contributed by atoms with Crippen molar-refractivity contribution in [1.82, 2.24) is 0 Å². The third kappa shape index (κ3) is 3.26. The molecule has 0 aliphatic rings. The molecular formula is C19H18SeSn. The van der Waals surface area contributed by atoms with Crippen LogP contribution in [-0.4, -0.2) is 35.4 Å². The van der Waals surface area contributed by atoms with Crippen LogP contribution >= 0.6 is 0 Å². The van der Waals surface area contributed by atoms with E-state index in [9.17, 15) is 0 Å². The number of rotatable bonds is 3.